The van der Waals surface area contributed by atoms with Crippen LogP contribution in [0.5, 0.6) is 5.75 Å². The van der Waals surface area contributed by atoms with E-state index in [9.17, 15) is 4.79 Å². The van der Waals surface area contributed by atoms with Gasteiger partial charge in [-0.1, -0.05) is 24.3 Å². The Morgan fingerprint density at radius 3 is 2.28 bits per heavy atom. The average molecular weight is 434 g/mol. The summed E-state index contributed by atoms with van der Waals surface area (Å²) in [5, 5.41) is 5.72. The summed E-state index contributed by atoms with van der Waals surface area (Å²) in [6.45, 7) is 5.45. The molecule has 0 saturated carbocycles. The first-order valence-electron chi connectivity index (χ1n) is 10.0. The van der Waals surface area contributed by atoms with Crippen LogP contribution in [0.3, 0.4) is 0 Å². The summed E-state index contributed by atoms with van der Waals surface area (Å²) in [4.78, 5) is 20.5. The van der Waals surface area contributed by atoms with Crippen LogP contribution in [-0.4, -0.2) is 29.7 Å². The number of aromatic nitrogens is 1. The minimum Gasteiger partial charge on any atom is -0.495 e. The standard InChI is InChI=1S/C24H27N5O3/c1-24(2,3)32-23(30)27-18-12-9-16(10-13-18)17-11-14-21(26-15-17)29-22(25)28-19-7-5-6-8-20(19)31-4/h5-15H,1-4H3,(H,27,30)(H3,25,26,28,29). The van der Waals surface area contributed by atoms with Gasteiger partial charge in [0, 0.05) is 17.4 Å². The molecule has 0 aliphatic heterocycles. The Morgan fingerprint density at radius 1 is 0.969 bits per heavy atom. The number of rotatable bonds is 5. The zero-order valence-corrected chi connectivity index (χ0v) is 18.5. The number of amides is 1. The molecule has 1 amide bonds. The summed E-state index contributed by atoms with van der Waals surface area (Å²) >= 11 is 0. The van der Waals surface area contributed by atoms with Crippen molar-refractivity contribution in [3.63, 3.8) is 0 Å². The highest BCUT2D eigenvalue weighted by molar-refractivity contribution is 5.95. The van der Waals surface area contributed by atoms with Crippen LogP contribution >= 0.6 is 0 Å². The summed E-state index contributed by atoms with van der Waals surface area (Å²) in [5.74, 6) is 1.34. The van der Waals surface area contributed by atoms with E-state index >= 15 is 0 Å². The smallest absolute Gasteiger partial charge is 0.412 e. The second-order valence-electron chi connectivity index (χ2n) is 7.93. The Balaban J connectivity index is 1.65. The van der Waals surface area contributed by atoms with E-state index in [0.717, 1.165) is 11.1 Å². The summed E-state index contributed by atoms with van der Waals surface area (Å²) in [6, 6.07) is 18.5. The lowest BCUT2D eigenvalue weighted by Crippen LogP contribution is -2.27. The van der Waals surface area contributed by atoms with Crippen LogP contribution in [0.4, 0.5) is 22.0 Å². The van der Waals surface area contributed by atoms with E-state index in [1.165, 1.54) is 0 Å². The van der Waals surface area contributed by atoms with Crippen LogP contribution in [0.1, 0.15) is 20.8 Å². The molecule has 4 N–H and O–H groups in total. The van der Waals surface area contributed by atoms with Gasteiger partial charge in [-0.2, -0.15) is 4.99 Å². The number of benzene rings is 2. The van der Waals surface area contributed by atoms with Crippen molar-refractivity contribution in [2.24, 2.45) is 10.7 Å². The van der Waals surface area contributed by atoms with Gasteiger partial charge in [0.15, 0.2) is 11.8 Å². The minimum atomic E-state index is -0.550. The number of hydrogen-bond acceptors (Lipinski definition) is 5. The van der Waals surface area contributed by atoms with Gasteiger partial charge in [0.25, 0.3) is 0 Å². The Kier molecular flexibility index (Phi) is 6.94. The van der Waals surface area contributed by atoms with Crippen LogP contribution < -0.4 is 21.1 Å². The lowest BCUT2D eigenvalue weighted by atomic mass is 10.1. The predicted octanol–water partition coefficient (Wildman–Crippen LogP) is 5.16. The average Bonchev–Trinajstić information content (AvgIpc) is 2.74. The van der Waals surface area contributed by atoms with E-state index in [1.54, 1.807) is 31.5 Å². The third kappa shape index (κ3) is 6.46. The number of ether oxygens (including phenoxy) is 2. The van der Waals surface area contributed by atoms with Gasteiger partial charge in [-0.15, -0.1) is 0 Å². The highest BCUT2D eigenvalue weighted by Gasteiger charge is 2.16. The van der Waals surface area contributed by atoms with Crippen LogP contribution in [0.15, 0.2) is 71.9 Å². The van der Waals surface area contributed by atoms with Gasteiger partial charge in [0.1, 0.15) is 11.4 Å². The maximum absolute atomic E-state index is 11.9. The SMILES string of the molecule is COc1ccccc1NC(N)=Nc1ccc(-c2ccc(NC(=O)OC(C)(C)C)cc2)cn1. The van der Waals surface area contributed by atoms with Gasteiger partial charge < -0.3 is 20.5 Å². The Labute approximate surface area is 187 Å². The highest BCUT2D eigenvalue weighted by Crippen LogP contribution is 2.24. The second-order valence-corrected chi connectivity index (χ2v) is 7.93. The van der Waals surface area contributed by atoms with Crippen molar-refractivity contribution in [1.82, 2.24) is 4.98 Å². The zero-order chi connectivity index (χ0) is 23.1. The first-order valence-corrected chi connectivity index (χ1v) is 10.0. The maximum atomic E-state index is 11.9. The Bertz CT molecular complexity index is 1090. The molecule has 0 saturated heterocycles. The van der Waals surface area contributed by atoms with Crippen LogP contribution in [-0.2, 0) is 4.74 Å². The molecule has 8 nitrogen and oxygen atoms in total. The quantitative estimate of drug-likeness (QED) is 0.378. The number of nitrogens with one attached hydrogen (secondary N) is 2. The second kappa shape index (κ2) is 9.82. The van der Waals surface area contributed by atoms with Gasteiger partial charge in [-0.3, -0.25) is 5.32 Å². The Hall–Kier alpha value is -4.07. The van der Waals surface area contributed by atoms with Crippen LogP contribution in [0, 0.1) is 0 Å². The predicted molar refractivity (Wildman–Crippen MR) is 127 cm³/mol. The number of pyridine rings is 1. The summed E-state index contributed by atoms with van der Waals surface area (Å²) in [7, 11) is 1.59. The van der Waals surface area contributed by atoms with Crippen molar-refractivity contribution in [2.45, 2.75) is 26.4 Å². The minimum absolute atomic E-state index is 0.201. The van der Waals surface area contributed by atoms with Gasteiger partial charge >= 0.3 is 6.09 Å². The first-order chi connectivity index (χ1) is 15.2. The number of carbonyl (C=O) groups excluding carboxylic acids is 1. The number of guanidine groups is 1. The lowest BCUT2D eigenvalue weighted by molar-refractivity contribution is 0.0636. The number of aliphatic imine (C=N–C) groups is 1. The molecular formula is C24H27N5O3. The zero-order valence-electron chi connectivity index (χ0n) is 18.5. The molecule has 0 unspecified atom stereocenters. The van der Waals surface area contributed by atoms with Crippen molar-refractivity contribution >= 4 is 29.2 Å². The fourth-order valence-electron chi connectivity index (χ4n) is 2.83. The number of carbonyl (C=O) groups is 1. The third-order valence-corrected chi connectivity index (χ3v) is 4.22. The number of nitrogens with two attached hydrogens (primary N) is 1. The van der Waals surface area contributed by atoms with E-state index in [-0.39, 0.29) is 5.96 Å². The van der Waals surface area contributed by atoms with Crippen molar-refractivity contribution in [2.75, 3.05) is 17.7 Å². The molecule has 0 fully saturated rings. The molecule has 0 spiro atoms. The van der Waals surface area contributed by atoms with E-state index in [2.05, 4.69) is 20.6 Å². The fourth-order valence-corrected chi connectivity index (χ4v) is 2.83. The van der Waals surface area contributed by atoms with Crippen molar-refractivity contribution in [1.29, 1.82) is 0 Å². The molecule has 0 bridgehead atoms. The summed E-state index contributed by atoms with van der Waals surface area (Å²) in [5.41, 5.74) is 8.67. The molecule has 0 aliphatic rings. The molecule has 166 valence electrons. The molecule has 32 heavy (non-hydrogen) atoms. The number of anilines is 2. The molecule has 8 heteroatoms. The highest BCUT2D eigenvalue weighted by atomic mass is 16.6. The van der Waals surface area contributed by atoms with E-state index in [1.807, 2.05) is 63.2 Å². The lowest BCUT2D eigenvalue weighted by Gasteiger charge is -2.19. The molecule has 2 aromatic carbocycles. The fraction of sp³-hybridized carbons (Fsp3) is 0.208. The normalized spacial score (nSPS) is 11.6. The van der Waals surface area contributed by atoms with Crippen LogP contribution in [0.2, 0.25) is 0 Å². The topological polar surface area (TPSA) is 111 Å². The van der Waals surface area contributed by atoms with Gasteiger partial charge in [0.2, 0.25) is 0 Å². The molecular weight excluding hydrogens is 406 g/mol. The van der Waals surface area contributed by atoms with E-state index in [0.29, 0.717) is 22.9 Å². The maximum Gasteiger partial charge on any atom is 0.412 e. The first kappa shape index (κ1) is 22.6. The van der Waals surface area contributed by atoms with Gasteiger partial charge in [-0.25, -0.2) is 9.78 Å². The van der Waals surface area contributed by atoms with Crippen molar-refractivity contribution < 1.29 is 14.3 Å². The van der Waals surface area contributed by atoms with Gasteiger partial charge in [0.05, 0.1) is 12.8 Å². The van der Waals surface area contributed by atoms with Crippen molar-refractivity contribution in [3.8, 4) is 16.9 Å². The number of methoxy groups -OCH3 is 1. The number of nitrogens with zero attached hydrogens (tertiary/aromatic N) is 2. The molecule has 1 aromatic heterocycles. The van der Waals surface area contributed by atoms with Crippen LogP contribution in [0.25, 0.3) is 11.1 Å². The summed E-state index contributed by atoms with van der Waals surface area (Å²) in [6.07, 6.45) is 1.22. The number of hydrogen-bond donors (Lipinski definition) is 3. The Morgan fingerprint density at radius 2 is 1.66 bits per heavy atom. The third-order valence-electron chi connectivity index (χ3n) is 4.22. The monoisotopic (exact) mass is 433 g/mol. The molecule has 0 atom stereocenters. The van der Waals surface area contributed by atoms with Crippen molar-refractivity contribution in [3.05, 3.63) is 66.9 Å². The molecule has 0 radical (unpaired) electrons. The molecule has 1 heterocycles. The van der Waals surface area contributed by atoms with Gasteiger partial charge in [-0.05, 0) is 62.7 Å². The summed E-state index contributed by atoms with van der Waals surface area (Å²) < 4.78 is 10.5. The largest absolute Gasteiger partial charge is 0.495 e. The molecule has 3 aromatic rings. The molecule has 3 rings (SSSR count). The number of para-hydroxylation sites is 2. The van der Waals surface area contributed by atoms with E-state index in [4.69, 9.17) is 15.2 Å². The molecule has 0 aliphatic carbocycles. The van der Waals surface area contributed by atoms with E-state index < -0.39 is 11.7 Å².